The number of carbonyl (C=O) groups is 2. The minimum absolute atomic E-state index is 0.00154. The third kappa shape index (κ3) is 3.22. The quantitative estimate of drug-likeness (QED) is 0.938. The van der Waals surface area contributed by atoms with Gasteiger partial charge in [-0.3, -0.25) is 9.59 Å². The molecule has 0 unspecified atom stereocenters. The Kier molecular flexibility index (Phi) is 4.46. The second kappa shape index (κ2) is 6.55. The van der Waals surface area contributed by atoms with E-state index in [-0.39, 0.29) is 17.7 Å². The van der Waals surface area contributed by atoms with Gasteiger partial charge in [-0.25, -0.2) is 0 Å². The Morgan fingerprint density at radius 3 is 2.79 bits per heavy atom. The zero-order valence-electron chi connectivity index (χ0n) is 14.3. The van der Waals surface area contributed by atoms with Crippen LogP contribution < -0.4 is 5.32 Å². The van der Waals surface area contributed by atoms with E-state index in [9.17, 15) is 9.59 Å². The van der Waals surface area contributed by atoms with Crippen LogP contribution in [0.4, 0.5) is 0 Å². The number of hydrogen-bond acceptors (Lipinski definition) is 3. The van der Waals surface area contributed by atoms with E-state index >= 15 is 0 Å². The molecule has 0 radical (unpaired) electrons. The molecule has 2 aromatic rings. The van der Waals surface area contributed by atoms with Crippen LogP contribution in [0.2, 0.25) is 0 Å². The molecule has 0 aromatic carbocycles. The summed E-state index contributed by atoms with van der Waals surface area (Å²) in [5.41, 5.74) is 1.69. The second-order valence-corrected chi connectivity index (χ2v) is 6.41. The largest absolute Gasteiger partial charge is 0.466 e. The number of amides is 2. The summed E-state index contributed by atoms with van der Waals surface area (Å²) in [5, 5.41) is 2.67. The van der Waals surface area contributed by atoms with Crippen molar-refractivity contribution in [1.82, 2.24) is 14.8 Å². The summed E-state index contributed by atoms with van der Waals surface area (Å²) < 4.78 is 7.64. The molecule has 0 aliphatic carbocycles. The number of hydrogen-bond donors (Lipinski definition) is 1. The van der Waals surface area contributed by atoms with Crippen LogP contribution in [-0.2, 0) is 17.9 Å². The lowest BCUT2D eigenvalue weighted by atomic mass is 10.0. The van der Waals surface area contributed by atoms with Crippen LogP contribution in [0.5, 0.6) is 0 Å². The Morgan fingerprint density at radius 1 is 1.33 bits per heavy atom. The number of rotatable bonds is 3. The first-order valence-electron chi connectivity index (χ1n) is 8.19. The molecule has 3 heterocycles. The lowest BCUT2D eigenvalue weighted by molar-refractivity contribution is -0.121. The van der Waals surface area contributed by atoms with Crippen molar-refractivity contribution < 1.29 is 14.0 Å². The topological polar surface area (TPSA) is 67.5 Å². The molecule has 0 saturated heterocycles. The lowest BCUT2D eigenvalue weighted by Crippen LogP contribution is -2.35. The van der Waals surface area contributed by atoms with Crippen LogP contribution in [0, 0.1) is 19.8 Å². The zero-order chi connectivity index (χ0) is 17.3. The van der Waals surface area contributed by atoms with E-state index in [1.165, 1.54) is 0 Å². The van der Waals surface area contributed by atoms with Crippen molar-refractivity contribution in [2.24, 2.45) is 5.92 Å². The average Bonchev–Trinajstić information content (AvgIpc) is 3.07. The van der Waals surface area contributed by atoms with Gasteiger partial charge in [0.1, 0.15) is 11.5 Å². The number of carbonyl (C=O) groups excluding carboxylic acids is 2. The fraction of sp³-hybridized carbons (Fsp3) is 0.444. The molecule has 1 aliphatic heterocycles. The number of nitrogens with one attached hydrogen (secondary N) is 1. The van der Waals surface area contributed by atoms with Crippen molar-refractivity contribution in [2.45, 2.75) is 33.4 Å². The summed E-state index contributed by atoms with van der Waals surface area (Å²) in [7, 11) is 1.64. The molecule has 128 valence electrons. The molecule has 1 N–H and O–H groups in total. The molecule has 0 bridgehead atoms. The Bertz CT molecular complexity index is 759. The summed E-state index contributed by atoms with van der Waals surface area (Å²) in [4.78, 5) is 26.6. The number of fused-ring (bicyclic) bond motifs is 1. The molecular weight excluding hydrogens is 306 g/mol. The van der Waals surface area contributed by atoms with Gasteiger partial charge in [0.15, 0.2) is 0 Å². The third-order valence-corrected chi connectivity index (χ3v) is 4.52. The SMILES string of the molecule is CNC(=O)C[C@@H]1CN(C(=O)c2cc(C)oc2C)Cc2cccn2C1. The number of aryl methyl sites for hydroxylation is 2. The van der Waals surface area contributed by atoms with Gasteiger partial charge >= 0.3 is 0 Å². The molecule has 0 saturated carbocycles. The maximum atomic E-state index is 13.0. The number of furan rings is 1. The highest BCUT2D eigenvalue weighted by molar-refractivity contribution is 5.95. The Labute approximate surface area is 141 Å². The third-order valence-electron chi connectivity index (χ3n) is 4.52. The molecule has 1 atom stereocenters. The summed E-state index contributed by atoms with van der Waals surface area (Å²) in [6.45, 7) is 5.48. The average molecular weight is 329 g/mol. The molecule has 6 nitrogen and oxygen atoms in total. The van der Waals surface area contributed by atoms with Crippen LogP contribution >= 0.6 is 0 Å². The van der Waals surface area contributed by atoms with E-state index < -0.39 is 0 Å². The summed E-state index contributed by atoms with van der Waals surface area (Å²) in [6, 6.07) is 5.79. The van der Waals surface area contributed by atoms with Crippen molar-refractivity contribution in [3.05, 3.63) is 47.2 Å². The van der Waals surface area contributed by atoms with Crippen LogP contribution in [0.25, 0.3) is 0 Å². The van der Waals surface area contributed by atoms with Gasteiger partial charge in [-0.05, 0) is 32.0 Å². The van der Waals surface area contributed by atoms with Gasteiger partial charge in [-0.15, -0.1) is 0 Å². The van der Waals surface area contributed by atoms with Gasteiger partial charge in [0.2, 0.25) is 5.91 Å². The van der Waals surface area contributed by atoms with Crippen molar-refractivity contribution in [3.63, 3.8) is 0 Å². The predicted molar refractivity (Wildman–Crippen MR) is 89.5 cm³/mol. The summed E-state index contributed by atoms with van der Waals surface area (Å²) >= 11 is 0. The smallest absolute Gasteiger partial charge is 0.257 e. The monoisotopic (exact) mass is 329 g/mol. The van der Waals surface area contributed by atoms with Gasteiger partial charge in [0.05, 0.1) is 12.1 Å². The van der Waals surface area contributed by atoms with E-state index in [1.54, 1.807) is 13.1 Å². The molecule has 2 amide bonds. The van der Waals surface area contributed by atoms with Crippen LogP contribution in [0.1, 0.15) is 34.0 Å². The molecule has 6 heteroatoms. The molecule has 1 aliphatic rings. The molecule has 0 spiro atoms. The highest BCUT2D eigenvalue weighted by Crippen LogP contribution is 2.23. The molecule has 24 heavy (non-hydrogen) atoms. The van der Waals surface area contributed by atoms with Crippen LogP contribution in [-0.4, -0.2) is 34.9 Å². The Hall–Kier alpha value is -2.50. The van der Waals surface area contributed by atoms with E-state index in [0.29, 0.717) is 30.8 Å². The molecule has 3 rings (SSSR count). The fourth-order valence-corrected chi connectivity index (χ4v) is 3.34. The summed E-state index contributed by atoms with van der Waals surface area (Å²) in [5.74, 6) is 1.41. The van der Waals surface area contributed by atoms with Crippen molar-refractivity contribution in [3.8, 4) is 0 Å². The highest BCUT2D eigenvalue weighted by Gasteiger charge is 2.28. The molecular formula is C18H23N3O3. The lowest BCUT2D eigenvalue weighted by Gasteiger charge is -2.23. The van der Waals surface area contributed by atoms with Gasteiger partial charge in [0, 0.05) is 44.4 Å². The van der Waals surface area contributed by atoms with Gasteiger partial charge in [-0.2, -0.15) is 0 Å². The van der Waals surface area contributed by atoms with Gasteiger partial charge < -0.3 is 19.2 Å². The fourth-order valence-electron chi connectivity index (χ4n) is 3.34. The summed E-state index contributed by atoms with van der Waals surface area (Å²) in [6.07, 6.45) is 2.41. The standard InChI is InChI=1S/C18H23N3O3/c1-12-7-16(13(2)24-12)18(23)21-10-14(8-17(22)19-3)9-20-6-4-5-15(20)11-21/h4-7,14H,8-11H2,1-3H3,(H,19,22)/t14-/m0/s1. The number of aromatic nitrogens is 1. The zero-order valence-corrected chi connectivity index (χ0v) is 14.3. The van der Waals surface area contributed by atoms with Gasteiger partial charge in [0.25, 0.3) is 5.91 Å². The molecule has 0 fully saturated rings. The maximum absolute atomic E-state index is 13.0. The second-order valence-electron chi connectivity index (χ2n) is 6.41. The number of nitrogens with zero attached hydrogens (tertiary/aromatic N) is 2. The van der Waals surface area contributed by atoms with Crippen LogP contribution in [0.3, 0.4) is 0 Å². The first kappa shape index (κ1) is 16.4. The van der Waals surface area contributed by atoms with Crippen molar-refractivity contribution >= 4 is 11.8 Å². The van der Waals surface area contributed by atoms with Crippen LogP contribution in [0.15, 0.2) is 28.8 Å². The van der Waals surface area contributed by atoms with Gasteiger partial charge in [-0.1, -0.05) is 0 Å². The Balaban J connectivity index is 1.87. The van der Waals surface area contributed by atoms with Crippen molar-refractivity contribution in [2.75, 3.05) is 13.6 Å². The minimum atomic E-state index is -0.0408. The van der Waals surface area contributed by atoms with E-state index in [0.717, 1.165) is 18.0 Å². The Morgan fingerprint density at radius 2 is 2.12 bits per heavy atom. The molecule has 2 aromatic heterocycles. The van der Waals surface area contributed by atoms with E-state index in [1.807, 2.05) is 37.1 Å². The van der Waals surface area contributed by atoms with Crippen molar-refractivity contribution in [1.29, 1.82) is 0 Å². The van der Waals surface area contributed by atoms with E-state index in [4.69, 9.17) is 4.42 Å². The normalized spacial score (nSPS) is 17.3. The predicted octanol–water partition coefficient (Wildman–Crippen LogP) is 2.11. The first-order chi connectivity index (χ1) is 11.5. The van der Waals surface area contributed by atoms with E-state index in [2.05, 4.69) is 9.88 Å². The first-order valence-corrected chi connectivity index (χ1v) is 8.19. The maximum Gasteiger partial charge on any atom is 0.257 e. The highest BCUT2D eigenvalue weighted by atomic mass is 16.3. The minimum Gasteiger partial charge on any atom is -0.466 e.